The van der Waals surface area contributed by atoms with Crippen LogP contribution >= 0.6 is 11.3 Å². The molecule has 1 heterocycles. The van der Waals surface area contributed by atoms with Crippen LogP contribution in [0.2, 0.25) is 0 Å². The molecule has 0 spiro atoms. The van der Waals surface area contributed by atoms with E-state index in [2.05, 4.69) is 10.6 Å². The monoisotopic (exact) mass is 229 g/mol. The van der Waals surface area contributed by atoms with Crippen LogP contribution in [0.25, 0.3) is 0 Å². The van der Waals surface area contributed by atoms with Gasteiger partial charge in [-0.3, -0.25) is 14.9 Å². The molecule has 1 aromatic rings. The lowest BCUT2D eigenvalue weighted by molar-refractivity contribution is -0.380. The van der Waals surface area contributed by atoms with Crippen molar-refractivity contribution in [3.05, 3.63) is 27.1 Å². The zero-order valence-electron chi connectivity index (χ0n) is 8.15. The van der Waals surface area contributed by atoms with Crippen LogP contribution in [0.5, 0.6) is 0 Å². The minimum Gasteiger partial charge on any atom is -0.351 e. The third-order valence-electron chi connectivity index (χ3n) is 1.69. The summed E-state index contributed by atoms with van der Waals surface area (Å²) in [7, 11) is 1.78. The summed E-state index contributed by atoms with van der Waals surface area (Å²) in [6.07, 6.45) is 0. The quantitative estimate of drug-likeness (QED) is 0.440. The van der Waals surface area contributed by atoms with Crippen LogP contribution in [0.3, 0.4) is 0 Å². The van der Waals surface area contributed by atoms with Crippen molar-refractivity contribution in [2.75, 3.05) is 20.1 Å². The van der Waals surface area contributed by atoms with Gasteiger partial charge in [0.05, 0.1) is 10.5 Å². The number of thiophene rings is 1. The molecule has 1 aromatic heterocycles. The second-order valence-electron chi connectivity index (χ2n) is 2.79. The predicted molar refractivity (Wildman–Crippen MR) is 57.2 cm³/mol. The predicted octanol–water partition coefficient (Wildman–Crippen LogP) is 0.606. The first-order valence-electron chi connectivity index (χ1n) is 4.31. The fourth-order valence-corrected chi connectivity index (χ4v) is 1.65. The molecule has 0 aromatic carbocycles. The van der Waals surface area contributed by atoms with E-state index in [1.165, 1.54) is 11.4 Å². The first-order valence-corrected chi connectivity index (χ1v) is 5.19. The van der Waals surface area contributed by atoms with E-state index < -0.39 is 4.92 Å². The van der Waals surface area contributed by atoms with Gasteiger partial charge in [-0.2, -0.15) is 0 Å². The lowest BCUT2D eigenvalue weighted by Crippen LogP contribution is -2.30. The van der Waals surface area contributed by atoms with Gasteiger partial charge < -0.3 is 10.6 Å². The molecule has 0 atom stereocenters. The van der Waals surface area contributed by atoms with E-state index in [0.717, 1.165) is 11.3 Å². The van der Waals surface area contributed by atoms with Gasteiger partial charge in [-0.05, 0) is 7.05 Å². The van der Waals surface area contributed by atoms with E-state index in [-0.39, 0.29) is 10.9 Å². The Bertz CT molecular complexity index is 364. The first-order chi connectivity index (χ1) is 7.15. The highest BCUT2D eigenvalue weighted by molar-refractivity contribution is 7.13. The number of hydrogen-bond donors (Lipinski definition) is 2. The van der Waals surface area contributed by atoms with Crippen LogP contribution < -0.4 is 10.6 Å². The molecule has 82 valence electrons. The Labute approximate surface area is 90.4 Å². The number of nitro groups is 1. The van der Waals surface area contributed by atoms with Crippen molar-refractivity contribution in [2.45, 2.75) is 0 Å². The number of hydrogen-bond acceptors (Lipinski definition) is 5. The third kappa shape index (κ3) is 3.30. The molecule has 0 fully saturated rings. The Balaban J connectivity index is 2.54. The maximum absolute atomic E-state index is 11.4. The van der Waals surface area contributed by atoms with Crippen molar-refractivity contribution in [1.82, 2.24) is 10.6 Å². The van der Waals surface area contributed by atoms with Crippen LogP contribution in [0, 0.1) is 10.1 Å². The second-order valence-corrected chi connectivity index (χ2v) is 3.68. The fourth-order valence-electron chi connectivity index (χ4n) is 0.943. The molecule has 15 heavy (non-hydrogen) atoms. The molecule has 1 rings (SSSR count). The number of nitrogens with one attached hydrogen (secondary N) is 2. The maximum Gasteiger partial charge on any atom is 0.324 e. The summed E-state index contributed by atoms with van der Waals surface area (Å²) in [5, 5.41) is 17.3. The lowest BCUT2D eigenvalue weighted by Gasteiger charge is -2.01. The van der Waals surface area contributed by atoms with Crippen LogP contribution in [0.15, 0.2) is 11.4 Å². The van der Waals surface area contributed by atoms with Gasteiger partial charge in [0, 0.05) is 24.5 Å². The summed E-state index contributed by atoms with van der Waals surface area (Å²) in [5.74, 6) is -0.283. The first kappa shape index (κ1) is 11.6. The molecule has 0 radical (unpaired) electrons. The highest BCUT2D eigenvalue weighted by Gasteiger charge is 2.14. The minimum absolute atomic E-state index is 0.0197. The standard InChI is InChI=1S/C8H11N3O3S/c1-9-2-3-10-8(12)6-4-7(11(13)14)15-5-6/h4-5,9H,2-3H2,1H3,(H,10,12). The summed E-state index contributed by atoms with van der Waals surface area (Å²) >= 11 is 0.950. The van der Waals surface area contributed by atoms with Crippen molar-refractivity contribution in [1.29, 1.82) is 0 Å². The average Bonchev–Trinajstić information content (AvgIpc) is 2.66. The summed E-state index contributed by atoms with van der Waals surface area (Å²) in [4.78, 5) is 21.3. The van der Waals surface area contributed by atoms with Gasteiger partial charge >= 0.3 is 5.00 Å². The van der Waals surface area contributed by atoms with E-state index in [1.807, 2.05) is 0 Å². The van der Waals surface area contributed by atoms with Gasteiger partial charge in [0.15, 0.2) is 0 Å². The topological polar surface area (TPSA) is 84.3 Å². The highest BCUT2D eigenvalue weighted by atomic mass is 32.1. The summed E-state index contributed by atoms with van der Waals surface area (Å²) in [6.45, 7) is 1.16. The zero-order chi connectivity index (χ0) is 11.3. The van der Waals surface area contributed by atoms with Gasteiger partial charge in [-0.25, -0.2) is 0 Å². The molecule has 0 unspecified atom stereocenters. The number of carbonyl (C=O) groups is 1. The lowest BCUT2D eigenvalue weighted by atomic mass is 10.3. The van der Waals surface area contributed by atoms with E-state index in [9.17, 15) is 14.9 Å². The maximum atomic E-state index is 11.4. The number of amides is 1. The van der Waals surface area contributed by atoms with E-state index in [0.29, 0.717) is 18.7 Å². The number of carbonyl (C=O) groups excluding carboxylic acids is 1. The van der Waals surface area contributed by atoms with Gasteiger partial charge in [0.1, 0.15) is 0 Å². The molecule has 2 N–H and O–H groups in total. The second kappa shape index (κ2) is 5.42. The summed E-state index contributed by atoms with van der Waals surface area (Å²) < 4.78 is 0. The van der Waals surface area contributed by atoms with Crippen molar-refractivity contribution < 1.29 is 9.72 Å². The summed E-state index contributed by atoms with van der Waals surface area (Å²) in [5.41, 5.74) is 0.336. The average molecular weight is 229 g/mol. The SMILES string of the molecule is CNCCNC(=O)c1csc([N+](=O)[O-])c1. The Hall–Kier alpha value is -1.47. The van der Waals surface area contributed by atoms with Crippen LogP contribution in [0.4, 0.5) is 5.00 Å². The van der Waals surface area contributed by atoms with Crippen molar-refractivity contribution in [3.63, 3.8) is 0 Å². The van der Waals surface area contributed by atoms with E-state index in [4.69, 9.17) is 0 Å². The fraction of sp³-hybridized carbons (Fsp3) is 0.375. The van der Waals surface area contributed by atoms with Crippen molar-refractivity contribution >= 4 is 22.2 Å². The third-order valence-corrected chi connectivity index (χ3v) is 2.57. The number of rotatable bonds is 5. The van der Waals surface area contributed by atoms with Crippen molar-refractivity contribution in [2.24, 2.45) is 0 Å². The minimum atomic E-state index is -0.505. The molecule has 0 aliphatic heterocycles. The molecule has 0 aliphatic rings. The molecule has 0 aliphatic carbocycles. The van der Waals surface area contributed by atoms with Crippen LogP contribution in [0.1, 0.15) is 10.4 Å². The highest BCUT2D eigenvalue weighted by Crippen LogP contribution is 2.22. The van der Waals surface area contributed by atoms with Gasteiger partial charge in [-0.15, -0.1) is 0 Å². The van der Waals surface area contributed by atoms with Gasteiger partial charge in [0.25, 0.3) is 5.91 Å². The van der Waals surface area contributed by atoms with Crippen LogP contribution in [-0.4, -0.2) is 31.0 Å². The Kier molecular flexibility index (Phi) is 4.19. The molecule has 6 nitrogen and oxygen atoms in total. The molecular weight excluding hydrogens is 218 g/mol. The molecule has 7 heteroatoms. The zero-order valence-corrected chi connectivity index (χ0v) is 8.97. The smallest absolute Gasteiger partial charge is 0.324 e. The van der Waals surface area contributed by atoms with Crippen LogP contribution in [-0.2, 0) is 0 Å². The Morgan fingerprint density at radius 1 is 1.60 bits per heavy atom. The summed E-state index contributed by atoms with van der Waals surface area (Å²) in [6, 6.07) is 1.28. The molecule has 1 amide bonds. The van der Waals surface area contributed by atoms with Gasteiger partial charge in [-0.1, -0.05) is 11.3 Å². The molecule has 0 bridgehead atoms. The molecular formula is C8H11N3O3S. The largest absolute Gasteiger partial charge is 0.351 e. The molecule has 0 saturated heterocycles. The number of nitrogens with zero attached hydrogens (tertiary/aromatic N) is 1. The van der Waals surface area contributed by atoms with Gasteiger partial charge in [0.2, 0.25) is 0 Å². The molecule has 0 saturated carbocycles. The Morgan fingerprint density at radius 2 is 2.33 bits per heavy atom. The Morgan fingerprint density at radius 3 is 2.87 bits per heavy atom. The van der Waals surface area contributed by atoms with Crippen molar-refractivity contribution in [3.8, 4) is 0 Å². The normalized spacial score (nSPS) is 9.93. The number of likely N-dealkylation sites (N-methyl/N-ethyl adjacent to an activating group) is 1. The van der Waals surface area contributed by atoms with E-state index >= 15 is 0 Å². The van der Waals surface area contributed by atoms with E-state index in [1.54, 1.807) is 7.05 Å².